The SMILES string of the molecule is CSc1cc(CCCCC(=O)O)ccc1N. The Morgan fingerprint density at radius 2 is 2.19 bits per heavy atom. The van der Waals surface area contributed by atoms with Crippen LogP contribution in [0.2, 0.25) is 0 Å². The summed E-state index contributed by atoms with van der Waals surface area (Å²) in [6.07, 6.45) is 4.81. The molecule has 0 saturated heterocycles. The summed E-state index contributed by atoms with van der Waals surface area (Å²) in [6.45, 7) is 0. The third kappa shape index (κ3) is 4.14. The van der Waals surface area contributed by atoms with Gasteiger partial charge in [0.1, 0.15) is 0 Å². The van der Waals surface area contributed by atoms with Crippen molar-refractivity contribution in [2.45, 2.75) is 30.6 Å². The first-order chi connectivity index (χ1) is 7.63. The van der Waals surface area contributed by atoms with Crippen molar-refractivity contribution in [1.29, 1.82) is 0 Å². The van der Waals surface area contributed by atoms with Gasteiger partial charge in [-0.2, -0.15) is 0 Å². The van der Waals surface area contributed by atoms with E-state index in [0.29, 0.717) is 0 Å². The zero-order valence-electron chi connectivity index (χ0n) is 9.40. The van der Waals surface area contributed by atoms with Gasteiger partial charge in [0, 0.05) is 17.0 Å². The Morgan fingerprint density at radius 1 is 1.44 bits per heavy atom. The predicted octanol–water partition coefficient (Wildman–Crippen LogP) is 2.79. The maximum atomic E-state index is 10.3. The summed E-state index contributed by atoms with van der Waals surface area (Å²) in [7, 11) is 0. The highest BCUT2D eigenvalue weighted by Crippen LogP contribution is 2.24. The van der Waals surface area contributed by atoms with Crippen LogP contribution >= 0.6 is 11.8 Å². The van der Waals surface area contributed by atoms with Crippen molar-refractivity contribution < 1.29 is 9.90 Å². The average molecular weight is 239 g/mol. The Kier molecular flexibility index (Phi) is 5.19. The van der Waals surface area contributed by atoms with Crippen LogP contribution in [-0.4, -0.2) is 17.3 Å². The van der Waals surface area contributed by atoms with Crippen molar-refractivity contribution in [3.8, 4) is 0 Å². The van der Waals surface area contributed by atoms with Crippen LogP contribution < -0.4 is 5.73 Å². The fourth-order valence-corrected chi connectivity index (χ4v) is 2.09. The molecule has 0 fully saturated rings. The van der Waals surface area contributed by atoms with E-state index in [4.69, 9.17) is 10.8 Å². The van der Waals surface area contributed by atoms with Crippen LogP contribution in [0.1, 0.15) is 24.8 Å². The molecule has 0 atom stereocenters. The van der Waals surface area contributed by atoms with Gasteiger partial charge in [-0.1, -0.05) is 6.07 Å². The van der Waals surface area contributed by atoms with Gasteiger partial charge in [-0.3, -0.25) is 4.79 Å². The summed E-state index contributed by atoms with van der Waals surface area (Å²) in [5.41, 5.74) is 7.83. The van der Waals surface area contributed by atoms with Crippen LogP contribution in [0, 0.1) is 0 Å². The molecule has 0 aliphatic carbocycles. The molecule has 1 rings (SSSR count). The van der Waals surface area contributed by atoms with Gasteiger partial charge in [0.15, 0.2) is 0 Å². The lowest BCUT2D eigenvalue weighted by molar-refractivity contribution is -0.137. The lowest BCUT2D eigenvalue weighted by Crippen LogP contribution is -1.95. The van der Waals surface area contributed by atoms with Gasteiger partial charge in [0.25, 0.3) is 0 Å². The van der Waals surface area contributed by atoms with Crippen LogP contribution in [-0.2, 0) is 11.2 Å². The molecule has 0 unspecified atom stereocenters. The number of unbranched alkanes of at least 4 members (excludes halogenated alkanes) is 1. The second kappa shape index (κ2) is 6.43. The Labute approximate surface area is 100 Å². The number of carboxylic acids is 1. The summed E-state index contributed by atoms with van der Waals surface area (Å²) in [5, 5.41) is 8.51. The molecule has 1 aromatic carbocycles. The van der Waals surface area contributed by atoms with Crippen molar-refractivity contribution >= 4 is 23.4 Å². The molecule has 3 nitrogen and oxygen atoms in total. The molecule has 0 heterocycles. The first-order valence-electron chi connectivity index (χ1n) is 5.27. The smallest absolute Gasteiger partial charge is 0.303 e. The van der Waals surface area contributed by atoms with Gasteiger partial charge in [-0.25, -0.2) is 0 Å². The Balaban J connectivity index is 2.45. The van der Waals surface area contributed by atoms with E-state index in [9.17, 15) is 4.79 Å². The second-order valence-corrected chi connectivity index (χ2v) is 4.53. The molecule has 0 aromatic heterocycles. The maximum absolute atomic E-state index is 10.3. The number of aryl methyl sites for hydroxylation is 1. The van der Waals surface area contributed by atoms with E-state index < -0.39 is 5.97 Å². The normalized spacial score (nSPS) is 10.3. The summed E-state index contributed by atoms with van der Waals surface area (Å²) < 4.78 is 0. The van der Waals surface area contributed by atoms with Gasteiger partial charge in [-0.05, 0) is 43.2 Å². The summed E-state index contributed by atoms with van der Waals surface area (Å²) >= 11 is 1.63. The predicted molar refractivity (Wildman–Crippen MR) is 67.8 cm³/mol. The number of benzene rings is 1. The largest absolute Gasteiger partial charge is 0.481 e. The molecule has 0 aliphatic heterocycles. The van der Waals surface area contributed by atoms with Crippen molar-refractivity contribution in [2.75, 3.05) is 12.0 Å². The number of nitrogens with two attached hydrogens (primary N) is 1. The first-order valence-corrected chi connectivity index (χ1v) is 6.50. The Morgan fingerprint density at radius 3 is 2.81 bits per heavy atom. The number of carbonyl (C=O) groups is 1. The van der Waals surface area contributed by atoms with Crippen molar-refractivity contribution in [3.63, 3.8) is 0 Å². The molecule has 4 heteroatoms. The van der Waals surface area contributed by atoms with E-state index in [-0.39, 0.29) is 6.42 Å². The average Bonchev–Trinajstić information content (AvgIpc) is 2.26. The standard InChI is InChI=1S/C12H17NO2S/c1-16-11-8-9(6-7-10(11)13)4-2-3-5-12(14)15/h6-8H,2-5,13H2,1H3,(H,14,15). The number of carboxylic acid groups (broad SMARTS) is 1. The van der Waals surface area contributed by atoms with Crippen LogP contribution in [0.15, 0.2) is 23.1 Å². The fourth-order valence-electron chi connectivity index (χ4n) is 1.52. The Bertz CT molecular complexity index is 366. The van der Waals surface area contributed by atoms with Gasteiger partial charge in [0.2, 0.25) is 0 Å². The Hall–Kier alpha value is -1.16. The first kappa shape index (κ1) is 12.9. The summed E-state index contributed by atoms with van der Waals surface area (Å²) in [6, 6.07) is 6.01. The van der Waals surface area contributed by atoms with E-state index in [2.05, 4.69) is 6.07 Å². The quantitative estimate of drug-likeness (QED) is 0.455. The molecule has 88 valence electrons. The molecule has 1 aromatic rings. The minimum absolute atomic E-state index is 0.254. The zero-order chi connectivity index (χ0) is 12.0. The lowest BCUT2D eigenvalue weighted by atomic mass is 10.1. The van der Waals surface area contributed by atoms with Gasteiger partial charge in [-0.15, -0.1) is 11.8 Å². The second-order valence-electron chi connectivity index (χ2n) is 3.68. The molecule has 0 spiro atoms. The number of thioether (sulfide) groups is 1. The number of anilines is 1. The number of nitrogen functional groups attached to an aromatic ring is 1. The number of hydrogen-bond acceptors (Lipinski definition) is 3. The monoisotopic (exact) mass is 239 g/mol. The van der Waals surface area contributed by atoms with Gasteiger partial charge < -0.3 is 10.8 Å². The van der Waals surface area contributed by atoms with Crippen molar-refractivity contribution in [2.24, 2.45) is 0 Å². The van der Waals surface area contributed by atoms with E-state index in [1.807, 2.05) is 18.4 Å². The highest BCUT2D eigenvalue weighted by Gasteiger charge is 2.01. The van der Waals surface area contributed by atoms with Crippen LogP contribution in [0.25, 0.3) is 0 Å². The lowest BCUT2D eigenvalue weighted by Gasteiger charge is -2.06. The minimum Gasteiger partial charge on any atom is -0.481 e. The van der Waals surface area contributed by atoms with Gasteiger partial charge >= 0.3 is 5.97 Å². The van der Waals surface area contributed by atoms with Gasteiger partial charge in [0.05, 0.1) is 0 Å². The number of aliphatic carboxylic acids is 1. The zero-order valence-corrected chi connectivity index (χ0v) is 10.2. The van der Waals surface area contributed by atoms with E-state index in [1.165, 1.54) is 5.56 Å². The molecule has 16 heavy (non-hydrogen) atoms. The van der Waals surface area contributed by atoms with E-state index in [1.54, 1.807) is 11.8 Å². The third-order valence-corrected chi connectivity index (χ3v) is 3.20. The fraction of sp³-hybridized carbons (Fsp3) is 0.417. The molecule has 0 aliphatic rings. The van der Waals surface area contributed by atoms with E-state index in [0.717, 1.165) is 29.8 Å². The summed E-state index contributed by atoms with van der Waals surface area (Å²) in [5.74, 6) is -0.720. The molecular weight excluding hydrogens is 222 g/mol. The molecular formula is C12H17NO2S. The van der Waals surface area contributed by atoms with Crippen LogP contribution in [0.4, 0.5) is 5.69 Å². The topological polar surface area (TPSA) is 63.3 Å². The minimum atomic E-state index is -0.720. The highest BCUT2D eigenvalue weighted by molar-refractivity contribution is 7.98. The van der Waals surface area contributed by atoms with Crippen LogP contribution in [0.5, 0.6) is 0 Å². The molecule has 3 N–H and O–H groups in total. The van der Waals surface area contributed by atoms with Crippen molar-refractivity contribution in [3.05, 3.63) is 23.8 Å². The molecule has 0 radical (unpaired) electrons. The van der Waals surface area contributed by atoms with Crippen LogP contribution in [0.3, 0.4) is 0 Å². The van der Waals surface area contributed by atoms with Crippen molar-refractivity contribution in [1.82, 2.24) is 0 Å². The highest BCUT2D eigenvalue weighted by atomic mass is 32.2. The van der Waals surface area contributed by atoms with E-state index >= 15 is 0 Å². The molecule has 0 amide bonds. The maximum Gasteiger partial charge on any atom is 0.303 e. The molecule has 0 saturated carbocycles. The summed E-state index contributed by atoms with van der Waals surface area (Å²) in [4.78, 5) is 11.4. The number of rotatable bonds is 6. The number of hydrogen-bond donors (Lipinski definition) is 2. The molecule has 0 bridgehead atoms. The third-order valence-electron chi connectivity index (χ3n) is 2.40.